The second-order valence-corrected chi connectivity index (χ2v) is 28.7. The first-order valence-electron chi connectivity index (χ1n) is 20.4. The first-order valence-corrected chi connectivity index (χ1v) is 27.0. The molecule has 0 aromatic rings. The maximum absolute atomic E-state index is 13.1. The van der Waals surface area contributed by atoms with E-state index in [0.29, 0.717) is 12.8 Å². The molecule has 0 saturated heterocycles. The maximum atomic E-state index is 13.1. The van der Waals surface area contributed by atoms with Crippen LogP contribution in [-0.4, -0.2) is 59.9 Å². The lowest BCUT2D eigenvalue weighted by atomic mass is 9.95. The number of ether oxygens (including phenoxy) is 3. The monoisotopic (exact) mass is 783 g/mol. The predicted octanol–water partition coefficient (Wildman–Crippen LogP) is 12.7. The van der Waals surface area contributed by atoms with Crippen LogP contribution in [0.25, 0.3) is 0 Å². The van der Waals surface area contributed by atoms with Gasteiger partial charge in [0, 0.05) is 39.5 Å². The first-order chi connectivity index (χ1) is 25.1. The van der Waals surface area contributed by atoms with Gasteiger partial charge in [-0.15, -0.1) is 0 Å². The summed E-state index contributed by atoms with van der Waals surface area (Å²) >= 11 is 0. The Morgan fingerprint density at radius 2 is 1.74 bits per heavy atom. The summed E-state index contributed by atoms with van der Waals surface area (Å²) < 4.78 is 25.3. The van der Waals surface area contributed by atoms with Gasteiger partial charge < -0.3 is 18.6 Å². The molecule has 0 aliphatic carbocycles. The van der Waals surface area contributed by atoms with E-state index < -0.39 is 16.4 Å². The summed E-state index contributed by atoms with van der Waals surface area (Å²) in [5.74, 6) is -0.0525. The number of hydrogen-bond donors (Lipinski definition) is 0. The van der Waals surface area contributed by atoms with Crippen molar-refractivity contribution >= 4 is 28.1 Å². The Labute approximate surface area is 333 Å². The molecule has 8 heteroatoms. The van der Waals surface area contributed by atoms with Crippen LogP contribution in [0.2, 0.25) is 43.8 Å². The number of carbonyl (C=O) groups is 2. The fourth-order valence-corrected chi connectivity index (χ4v) is 7.85. The summed E-state index contributed by atoms with van der Waals surface area (Å²) in [5.41, 5.74) is 3.17. The van der Waals surface area contributed by atoms with E-state index in [4.69, 9.17) is 18.6 Å². The minimum atomic E-state index is -2.00. The van der Waals surface area contributed by atoms with Crippen molar-refractivity contribution in [3.05, 3.63) is 83.6 Å². The van der Waals surface area contributed by atoms with Crippen LogP contribution in [0.15, 0.2) is 83.6 Å². The first kappa shape index (κ1) is 49.7. The van der Waals surface area contributed by atoms with Gasteiger partial charge >= 0.3 is 5.97 Å². The van der Waals surface area contributed by atoms with Gasteiger partial charge in [0.1, 0.15) is 12.9 Å². The maximum Gasteiger partial charge on any atom is 0.330 e. The zero-order chi connectivity index (χ0) is 41.0. The van der Waals surface area contributed by atoms with Gasteiger partial charge in [-0.1, -0.05) is 126 Å². The van der Waals surface area contributed by atoms with E-state index in [2.05, 4.69) is 111 Å². The molecule has 54 heavy (non-hydrogen) atoms. The molecule has 1 heterocycles. The molecule has 0 unspecified atom stereocenters. The van der Waals surface area contributed by atoms with E-state index in [1.807, 2.05) is 39.0 Å². The molecule has 6 nitrogen and oxygen atoms in total. The average Bonchev–Trinajstić information content (AvgIpc) is 3.03. The third-order valence-corrected chi connectivity index (χ3v) is 16.3. The van der Waals surface area contributed by atoms with Crippen LogP contribution in [0.5, 0.6) is 0 Å². The Morgan fingerprint density at radius 1 is 1.04 bits per heavy atom. The highest BCUT2D eigenvalue weighted by Gasteiger charge is 2.39. The van der Waals surface area contributed by atoms with Crippen molar-refractivity contribution in [3.63, 3.8) is 0 Å². The number of cyclic esters (lactones) is 1. The normalized spacial score (nSPS) is 25.6. The highest BCUT2D eigenvalue weighted by Crippen LogP contribution is 2.39. The molecule has 0 spiro atoms. The lowest BCUT2D eigenvalue weighted by Crippen LogP contribution is -2.45. The molecule has 0 aromatic heterocycles. The second kappa shape index (κ2) is 25.0. The molecule has 0 N–H and O–H groups in total. The number of allylic oxidation sites excluding steroid dienone is 9. The van der Waals surface area contributed by atoms with Crippen molar-refractivity contribution in [2.24, 2.45) is 11.8 Å². The van der Waals surface area contributed by atoms with Crippen LogP contribution in [-0.2, 0) is 28.2 Å². The second-order valence-electron chi connectivity index (χ2n) is 18.3. The van der Waals surface area contributed by atoms with Crippen LogP contribution < -0.4 is 0 Å². The third-order valence-electron chi connectivity index (χ3n) is 10.1. The minimum absolute atomic E-state index is 0.0296. The molecule has 1 aliphatic rings. The summed E-state index contributed by atoms with van der Waals surface area (Å²) in [6.45, 7) is 31.9. The standard InChI is InChI=1S/C46H78O6Si2/c1-36(2)32-41(47)24-21-23-37(3)33-40(6)44-34-38(4)22-17-15-19-26-43(52-54(13,14)46(7,8)9)39(5)28-29-42(25-18-16-20-27-45(48)51-44)50-35-49-30-31-53(10,11)12/h15,17,20-23,27-29,32-33,39-40,42-44H,16,18-19,24-26,30-31,34-35H2,1-14H3/b17-15+,23-21+,27-20+,29-28+,37-33+,38-22+/t39-,40-,42-,43-,44-/m1/s1. The number of rotatable bonds is 14. The van der Waals surface area contributed by atoms with Gasteiger partial charge in [-0.25, -0.2) is 4.79 Å². The molecule has 0 aromatic carbocycles. The molecule has 0 radical (unpaired) electrons. The van der Waals surface area contributed by atoms with Crippen LogP contribution in [0.4, 0.5) is 0 Å². The van der Waals surface area contributed by atoms with Crippen LogP contribution in [0, 0.1) is 11.8 Å². The SMILES string of the molecule is CC(C)=CC(=O)C/C=C/C(C)=C/[C@@H](C)[C@H]1C/C(C)=C/C=C/CC[C@@H](O[Si](C)(C)C(C)(C)C)[C@H](C)/C=C/[C@H](OCOCC[Si](C)(C)C)CCC/C=C/C(=O)O1. The zero-order valence-corrected chi connectivity index (χ0v) is 38.8. The summed E-state index contributed by atoms with van der Waals surface area (Å²) in [6, 6.07) is 1.11. The number of carbonyl (C=O) groups excluding carboxylic acids is 2. The van der Waals surface area contributed by atoms with Crippen molar-refractivity contribution in [1.29, 1.82) is 0 Å². The van der Waals surface area contributed by atoms with E-state index >= 15 is 0 Å². The molecule has 1 rings (SSSR count). The topological polar surface area (TPSA) is 71.1 Å². The van der Waals surface area contributed by atoms with E-state index in [1.165, 1.54) is 0 Å². The molecular weight excluding hydrogens is 705 g/mol. The molecule has 0 fully saturated rings. The van der Waals surface area contributed by atoms with Gasteiger partial charge in [0.05, 0.1) is 12.2 Å². The third kappa shape index (κ3) is 22.9. The lowest BCUT2D eigenvalue weighted by Gasteiger charge is -2.40. The molecule has 0 saturated carbocycles. The van der Waals surface area contributed by atoms with Gasteiger partial charge in [0.2, 0.25) is 0 Å². The fourth-order valence-electron chi connectivity index (χ4n) is 5.65. The number of ketones is 1. The summed E-state index contributed by atoms with van der Waals surface area (Å²) in [7, 11) is -3.18. The summed E-state index contributed by atoms with van der Waals surface area (Å²) in [5, 5.41) is 0.118. The van der Waals surface area contributed by atoms with Gasteiger partial charge in [-0.2, -0.15) is 0 Å². The Hall–Kier alpha value is -2.37. The van der Waals surface area contributed by atoms with Gasteiger partial charge in [-0.3, -0.25) is 4.79 Å². The van der Waals surface area contributed by atoms with E-state index in [1.54, 1.807) is 12.2 Å². The molecule has 0 bridgehead atoms. The quantitative estimate of drug-likeness (QED) is 0.0332. The molecule has 306 valence electrons. The van der Waals surface area contributed by atoms with Crippen molar-refractivity contribution in [2.75, 3.05) is 13.4 Å². The highest BCUT2D eigenvalue weighted by atomic mass is 28.4. The molecular formula is C46H78O6Si2. The summed E-state index contributed by atoms with van der Waals surface area (Å²) in [4.78, 5) is 25.2. The highest BCUT2D eigenvalue weighted by molar-refractivity contribution is 6.76. The van der Waals surface area contributed by atoms with Crippen LogP contribution in [0.3, 0.4) is 0 Å². The molecule has 1 aliphatic heterocycles. The lowest BCUT2D eigenvalue weighted by molar-refractivity contribution is -0.144. The average molecular weight is 783 g/mol. The number of esters is 1. The van der Waals surface area contributed by atoms with Crippen molar-refractivity contribution in [2.45, 2.75) is 169 Å². The van der Waals surface area contributed by atoms with Crippen molar-refractivity contribution in [3.8, 4) is 0 Å². The minimum Gasteiger partial charge on any atom is -0.458 e. The Bertz CT molecular complexity index is 1350. The smallest absolute Gasteiger partial charge is 0.330 e. The van der Waals surface area contributed by atoms with Gasteiger partial charge in [0.25, 0.3) is 0 Å². The fraction of sp³-hybridized carbons (Fsp3) is 0.652. The zero-order valence-electron chi connectivity index (χ0n) is 36.8. The van der Waals surface area contributed by atoms with Gasteiger partial charge in [-0.05, 0) is 96.0 Å². The van der Waals surface area contributed by atoms with E-state index in [0.717, 1.165) is 61.5 Å². The Kier molecular flexibility index (Phi) is 23.0. The van der Waals surface area contributed by atoms with E-state index in [9.17, 15) is 9.59 Å². The van der Waals surface area contributed by atoms with Gasteiger partial charge in [0.15, 0.2) is 14.1 Å². The summed E-state index contributed by atoms with van der Waals surface area (Å²) in [6.07, 6.45) is 27.0. The van der Waals surface area contributed by atoms with Crippen molar-refractivity contribution in [1.82, 2.24) is 0 Å². The predicted molar refractivity (Wildman–Crippen MR) is 235 cm³/mol. The largest absolute Gasteiger partial charge is 0.458 e. The number of hydrogen-bond acceptors (Lipinski definition) is 6. The molecule has 5 atom stereocenters. The van der Waals surface area contributed by atoms with Crippen LogP contribution in [0.1, 0.15) is 107 Å². The van der Waals surface area contributed by atoms with Crippen molar-refractivity contribution < 1.29 is 28.2 Å². The Morgan fingerprint density at radius 3 is 2.39 bits per heavy atom. The van der Waals surface area contributed by atoms with Crippen LogP contribution >= 0.6 is 0 Å². The van der Waals surface area contributed by atoms with E-state index in [-0.39, 0.29) is 53.7 Å². The molecule has 0 amide bonds. The Balaban J connectivity index is 3.31.